The molecule has 0 unspecified atom stereocenters. The third-order valence-corrected chi connectivity index (χ3v) is 4.07. The first-order chi connectivity index (χ1) is 13.3. The molecule has 7 heteroatoms. The lowest BCUT2D eigenvalue weighted by molar-refractivity contribution is -0.123. The molecule has 1 atom stereocenters. The highest BCUT2D eigenvalue weighted by Gasteiger charge is 2.20. The van der Waals surface area contributed by atoms with Gasteiger partial charge in [-0.2, -0.15) is 0 Å². The van der Waals surface area contributed by atoms with Crippen molar-refractivity contribution in [2.75, 3.05) is 19.0 Å². The predicted octanol–water partition coefficient (Wildman–Crippen LogP) is 3.86. The van der Waals surface area contributed by atoms with Crippen LogP contribution in [-0.4, -0.2) is 31.7 Å². The average molecular weight is 389 g/mol. The number of hydrogen-bond acceptors (Lipinski definition) is 5. The molecule has 2 aromatic carbocycles. The Labute approximate surface area is 163 Å². The summed E-state index contributed by atoms with van der Waals surface area (Å²) < 4.78 is 29.5. The van der Waals surface area contributed by atoms with Gasteiger partial charge in [0.1, 0.15) is 11.6 Å². The lowest BCUT2D eigenvalue weighted by Gasteiger charge is -2.15. The Morgan fingerprint density at radius 2 is 1.93 bits per heavy atom. The van der Waals surface area contributed by atoms with E-state index in [0.29, 0.717) is 29.2 Å². The number of carbonyl (C=O) groups is 2. The summed E-state index contributed by atoms with van der Waals surface area (Å²) in [6.45, 7) is 5.75. The number of anilines is 1. The highest BCUT2D eigenvalue weighted by Crippen LogP contribution is 2.22. The Kier molecular flexibility index (Phi) is 7.52. The zero-order valence-corrected chi connectivity index (χ0v) is 16.4. The van der Waals surface area contributed by atoms with Crippen molar-refractivity contribution in [3.63, 3.8) is 0 Å². The summed E-state index contributed by atoms with van der Waals surface area (Å²) in [6.07, 6.45) is -1.06. The van der Waals surface area contributed by atoms with E-state index in [9.17, 15) is 14.0 Å². The molecule has 2 aromatic rings. The van der Waals surface area contributed by atoms with Gasteiger partial charge in [-0.05, 0) is 56.7 Å². The SMILES string of the molecule is CCOCc1cc(C(=O)O[C@H](C)C(=O)Nc2ccc(C)c(F)c2)ccc1OC. The third kappa shape index (κ3) is 5.53. The van der Waals surface area contributed by atoms with Crippen molar-refractivity contribution in [3.8, 4) is 5.75 Å². The maximum atomic E-state index is 13.6. The van der Waals surface area contributed by atoms with E-state index < -0.39 is 23.8 Å². The van der Waals surface area contributed by atoms with Crippen LogP contribution in [0.25, 0.3) is 0 Å². The number of ether oxygens (including phenoxy) is 3. The molecule has 0 fully saturated rings. The van der Waals surface area contributed by atoms with Crippen molar-refractivity contribution in [3.05, 3.63) is 58.9 Å². The van der Waals surface area contributed by atoms with Gasteiger partial charge in [0.15, 0.2) is 6.10 Å². The number of amides is 1. The molecule has 0 aromatic heterocycles. The number of hydrogen-bond donors (Lipinski definition) is 1. The van der Waals surface area contributed by atoms with Gasteiger partial charge in [0.25, 0.3) is 5.91 Å². The summed E-state index contributed by atoms with van der Waals surface area (Å²) >= 11 is 0. The number of esters is 1. The number of rotatable bonds is 8. The monoisotopic (exact) mass is 389 g/mol. The quantitative estimate of drug-likeness (QED) is 0.694. The first-order valence-electron chi connectivity index (χ1n) is 8.88. The molecule has 2 rings (SSSR count). The van der Waals surface area contributed by atoms with Crippen molar-refractivity contribution in [1.82, 2.24) is 0 Å². The molecular weight excluding hydrogens is 365 g/mol. The van der Waals surface area contributed by atoms with Crippen LogP contribution < -0.4 is 10.1 Å². The Hall–Kier alpha value is -2.93. The van der Waals surface area contributed by atoms with Crippen LogP contribution in [0.15, 0.2) is 36.4 Å². The maximum absolute atomic E-state index is 13.6. The first-order valence-corrected chi connectivity index (χ1v) is 8.88. The van der Waals surface area contributed by atoms with Crippen LogP contribution in [0.4, 0.5) is 10.1 Å². The van der Waals surface area contributed by atoms with Gasteiger partial charge in [0, 0.05) is 17.9 Å². The fraction of sp³-hybridized carbons (Fsp3) is 0.333. The van der Waals surface area contributed by atoms with Gasteiger partial charge in [-0.15, -0.1) is 0 Å². The van der Waals surface area contributed by atoms with Crippen LogP contribution in [0.1, 0.15) is 35.3 Å². The minimum Gasteiger partial charge on any atom is -0.496 e. The molecule has 0 aliphatic rings. The van der Waals surface area contributed by atoms with Crippen molar-refractivity contribution in [1.29, 1.82) is 0 Å². The Morgan fingerprint density at radius 1 is 1.18 bits per heavy atom. The van der Waals surface area contributed by atoms with Crippen LogP contribution in [0, 0.1) is 12.7 Å². The van der Waals surface area contributed by atoms with Crippen molar-refractivity contribution in [2.24, 2.45) is 0 Å². The molecule has 0 spiro atoms. The minimum absolute atomic E-state index is 0.275. The van der Waals surface area contributed by atoms with Gasteiger partial charge in [-0.25, -0.2) is 9.18 Å². The molecule has 0 bridgehead atoms. The predicted molar refractivity (Wildman–Crippen MR) is 103 cm³/mol. The van der Waals surface area contributed by atoms with Crippen molar-refractivity contribution >= 4 is 17.6 Å². The molecule has 0 heterocycles. The molecule has 0 saturated carbocycles. The smallest absolute Gasteiger partial charge is 0.338 e. The molecule has 6 nitrogen and oxygen atoms in total. The molecule has 0 radical (unpaired) electrons. The molecule has 150 valence electrons. The van der Waals surface area contributed by atoms with Crippen molar-refractivity contribution in [2.45, 2.75) is 33.5 Å². The van der Waals surface area contributed by atoms with Crippen LogP contribution in [-0.2, 0) is 20.9 Å². The average Bonchev–Trinajstić information content (AvgIpc) is 2.68. The molecular formula is C21H24FNO5. The van der Waals surface area contributed by atoms with E-state index in [-0.39, 0.29) is 12.2 Å². The number of aryl methyl sites for hydroxylation is 1. The topological polar surface area (TPSA) is 73.9 Å². The Morgan fingerprint density at radius 3 is 2.57 bits per heavy atom. The summed E-state index contributed by atoms with van der Waals surface area (Å²) in [4.78, 5) is 24.6. The van der Waals surface area contributed by atoms with Crippen LogP contribution in [0.3, 0.4) is 0 Å². The summed E-state index contributed by atoms with van der Waals surface area (Å²) in [5, 5.41) is 2.53. The molecule has 28 heavy (non-hydrogen) atoms. The zero-order chi connectivity index (χ0) is 20.7. The number of halogens is 1. The fourth-order valence-corrected chi connectivity index (χ4v) is 2.43. The lowest BCUT2D eigenvalue weighted by Crippen LogP contribution is -2.30. The summed E-state index contributed by atoms with van der Waals surface area (Å²) in [5.41, 5.74) is 1.74. The molecule has 0 aliphatic carbocycles. The summed E-state index contributed by atoms with van der Waals surface area (Å²) in [6, 6.07) is 9.15. The summed E-state index contributed by atoms with van der Waals surface area (Å²) in [5.74, 6) is -1.04. The largest absolute Gasteiger partial charge is 0.496 e. The van der Waals surface area contributed by atoms with Crippen LogP contribution in [0.2, 0.25) is 0 Å². The van der Waals surface area contributed by atoms with Gasteiger partial charge < -0.3 is 19.5 Å². The molecule has 0 saturated heterocycles. The molecule has 1 amide bonds. The van der Waals surface area contributed by atoms with E-state index in [4.69, 9.17) is 14.2 Å². The van der Waals surface area contributed by atoms with Crippen molar-refractivity contribution < 1.29 is 28.2 Å². The number of benzene rings is 2. The first kappa shape index (κ1) is 21.4. The normalized spacial score (nSPS) is 11.6. The number of methoxy groups -OCH3 is 1. The Balaban J connectivity index is 2.04. The minimum atomic E-state index is -1.06. The van der Waals surface area contributed by atoms with E-state index in [1.54, 1.807) is 37.3 Å². The second-order valence-corrected chi connectivity index (χ2v) is 6.16. The zero-order valence-electron chi connectivity index (χ0n) is 16.4. The standard InChI is InChI=1S/C21H24FNO5/c1-5-27-12-16-10-15(7-9-19(16)26-4)21(25)28-14(3)20(24)23-17-8-6-13(2)18(22)11-17/h6-11,14H,5,12H2,1-4H3,(H,23,24)/t14-/m1/s1. The molecule has 1 N–H and O–H groups in total. The third-order valence-electron chi connectivity index (χ3n) is 4.07. The van der Waals surface area contributed by atoms with E-state index in [1.165, 1.54) is 20.1 Å². The van der Waals surface area contributed by atoms with Crippen LogP contribution >= 0.6 is 0 Å². The van der Waals surface area contributed by atoms with Gasteiger partial charge in [0.05, 0.1) is 19.3 Å². The lowest BCUT2D eigenvalue weighted by atomic mass is 10.1. The van der Waals surface area contributed by atoms with E-state index in [2.05, 4.69) is 5.32 Å². The van der Waals surface area contributed by atoms with E-state index >= 15 is 0 Å². The number of nitrogens with one attached hydrogen (secondary N) is 1. The highest BCUT2D eigenvalue weighted by molar-refractivity contribution is 5.97. The van der Waals surface area contributed by atoms with Gasteiger partial charge >= 0.3 is 5.97 Å². The Bertz CT molecular complexity index is 853. The van der Waals surface area contributed by atoms with Gasteiger partial charge in [-0.3, -0.25) is 4.79 Å². The fourth-order valence-electron chi connectivity index (χ4n) is 2.43. The second kappa shape index (κ2) is 9.85. The van der Waals surface area contributed by atoms with Crippen LogP contribution in [0.5, 0.6) is 5.75 Å². The van der Waals surface area contributed by atoms with E-state index in [0.717, 1.165) is 0 Å². The maximum Gasteiger partial charge on any atom is 0.338 e. The van der Waals surface area contributed by atoms with E-state index in [1.807, 2.05) is 6.92 Å². The molecule has 0 aliphatic heterocycles. The van der Waals surface area contributed by atoms with Gasteiger partial charge in [-0.1, -0.05) is 6.07 Å². The highest BCUT2D eigenvalue weighted by atomic mass is 19.1. The summed E-state index contributed by atoms with van der Waals surface area (Å²) in [7, 11) is 1.53. The number of carbonyl (C=O) groups excluding carboxylic acids is 2. The second-order valence-electron chi connectivity index (χ2n) is 6.16. The van der Waals surface area contributed by atoms with Gasteiger partial charge in [0.2, 0.25) is 0 Å².